The van der Waals surface area contributed by atoms with E-state index >= 15 is 0 Å². The highest BCUT2D eigenvalue weighted by Gasteiger charge is 2.42. The second-order valence-corrected chi connectivity index (χ2v) is 9.52. The minimum Gasteiger partial charge on any atom is -0.603 e. The fourth-order valence-corrected chi connectivity index (χ4v) is 5.44. The van der Waals surface area contributed by atoms with Gasteiger partial charge in [-0.3, -0.25) is 4.79 Å². The lowest BCUT2D eigenvalue weighted by Crippen LogP contribution is -2.41. The molecule has 1 aliphatic carbocycles. The van der Waals surface area contributed by atoms with Gasteiger partial charge in [0.25, 0.3) is 5.91 Å². The number of aliphatic carboxylic acids is 1. The lowest BCUT2D eigenvalue weighted by molar-refractivity contribution is -0.172. The predicted molar refractivity (Wildman–Crippen MR) is 116 cm³/mol. The average molecular weight is 433 g/mol. The van der Waals surface area contributed by atoms with Gasteiger partial charge in [-0.25, -0.2) is 4.79 Å². The number of aryl methyl sites for hydroxylation is 1. The molecule has 1 aliphatic heterocycles. The van der Waals surface area contributed by atoms with Gasteiger partial charge in [-0.1, -0.05) is 62.4 Å². The minimum absolute atomic E-state index is 0.223. The first-order valence-electron chi connectivity index (χ1n) is 11.1. The first-order valence-corrected chi connectivity index (χ1v) is 12.3. The van der Waals surface area contributed by atoms with Gasteiger partial charge in [0, 0.05) is 6.54 Å². The minimum atomic E-state index is -2.23. The van der Waals surface area contributed by atoms with Crippen molar-refractivity contribution in [2.45, 2.75) is 63.8 Å². The molecule has 1 amide bonds. The molecule has 1 N–H and O–H groups in total. The van der Waals surface area contributed by atoms with Gasteiger partial charge in [-0.15, -0.1) is 0 Å². The number of amides is 1. The van der Waals surface area contributed by atoms with Crippen LogP contribution in [0.2, 0.25) is 0 Å². The number of benzene rings is 1. The van der Waals surface area contributed by atoms with Crippen LogP contribution in [-0.2, 0) is 20.5 Å². The van der Waals surface area contributed by atoms with Crippen molar-refractivity contribution in [1.82, 2.24) is 4.90 Å². The number of carbonyl (C=O) groups is 2. The van der Waals surface area contributed by atoms with Crippen LogP contribution in [0.3, 0.4) is 0 Å². The van der Waals surface area contributed by atoms with E-state index in [2.05, 4.69) is 12.1 Å². The summed E-state index contributed by atoms with van der Waals surface area (Å²) in [5, 5.41) is 9.57. The number of nitrogens with zero attached hydrogens (tertiary/aromatic N) is 1. The average Bonchev–Trinajstić information content (AvgIpc) is 3.21. The predicted octanol–water partition coefficient (Wildman–Crippen LogP) is 3.38. The number of carboxylic acid groups (broad SMARTS) is 1. The zero-order chi connectivity index (χ0) is 21.3. The van der Waals surface area contributed by atoms with Crippen molar-refractivity contribution < 1.29 is 24.1 Å². The Hall–Kier alpha value is -1.75. The fourth-order valence-electron chi connectivity index (χ4n) is 4.73. The standard InChI is InChI=1S/C23H32NO5P/c25-22(17-30(28)29-14-8-7-11-18-9-3-1-4-10-18)24-16-20(15-21(24)23(26)27)19-12-5-2-6-13-19/h1,3-4,9-10,17,19-21H,2,5-8,11-16H2,(H,26,27)/t20-,21+/m1/s1. The van der Waals surface area contributed by atoms with E-state index in [0.29, 0.717) is 25.5 Å². The van der Waals surface area contributed by atoms with Crippen molar-refractivity contribution in [3.8, 4) is 0 Å². The molecule has 0 spiro atoms. The van der Waals surface area contributed by atoms with Gasteiger partial charge >= 0.3 is 5.97 Å². The summed E-state index contributed by atoms with van der Waals surface area (Å²) in [6, 6.07) is 9.31. The molecule has 1 heterocycles. The van der Waals surface area contributed by atoms with Gasteiger partial charge in [0.1, 0.15) is 6.04 Å². The lowest BCUT2D eigenvalue weighted by atomic mass is 9.79. The maximum absolute atomic E-state index is 12.6. The molecule has 2 fully saturated rings. The largest absolute Gasteiger partial charge is 0.603 e. The quantitative estimate of drug-likeness (QED) is 0.476. The summed E-state index contributed by atoms with van der Waals surface area (Å²) in [5.41, 5.74) is 1.25. The molecular weight excluding hydrogens is 401 g/mol. The Bertz CT molecular complexity index is 732. The fraction of sp³-hybridized carbons (Fsp3) is 0.609. The Morgan fingerprint density at radius 3 is 2.57 bits per heavy atom. The van der Waals surface area contributed by atoms with Crippen LogP contribution in [0.4, 0.5) is 0 Å². The van der Waals surface area contributed by atoms with Gasteiger partial charge < -0.3 is 14.9 Å². The molecule has 2 aliphatic rings. The summed E-state index contributed by atoms with van der Waals surface area (Å²) in [4.78, 5) is 37.9. The van der Waals surface area contributed by atoms with Crippen LogP contribution in [0.1, 0.15) is 56.9 Å². The number of likely N-dealkylation sites (tertiary alicyclic amines) is 1. The summed E-state index contributed by atoms with van der Waals surface area (Å²) in [5.74, 6) is 0.318. The van der Waals surface area contributed by atoms with Gasteiger partial charge in [0.05, 0.1) is 6.61 Å². The van der Waals surface area contributed by atoms with E-state index in [1.165, 1.54) is 29.7 Å². The Morgan fingerprint density at radius 2 is 1.87 bits per heavy atom. The molecule has 3 atom stereocenters. The maximum Gasteiger partial charge on any atom is 0.326 e. The highest BCUT2D eigenvalue weighted by atomic mass is 31.1. The zero-order valence-electron chi connectivity index (χ0n) is 17.4. The van der Waals surface area contributed by atoms with E-state index in [9.17, 15) is 19.6 Å². The second kappa shape index (κ2) is 11.6. The normalized spacial score (nSPS) is 23.0. The summed E-state index contributed by atoms with van der Waals surface area (Å²) < 4.78 is 5.31. The number of hydrogen-bond acceptors (Lipinski definition) is 4. The lowest BCUT2D eigenvalue weighted by Gasteiger charge is -2.27. The van der Waals surface area contributed by atoms with Crippen molar-refractivity contribution in [2.24, 2.45) is 11.8 Å². The Labute approximate surface area is 179 Å². The van der Waals surface area contributed by atoms with Crippen molar-refractivity contribution in [3.05, 3.63) is 35.9 Å². The molecule has 7 heteroatoms. The third-order valence-electron chi connectivity index (χ3n) is 6.36. The topological polar surface area (TPSA) is 89.9 Å². The molecule has 0 radical (unpaired) electrons. The van der Waals surface area contributed by atoms with Gasteiger partial charge in [-0.05, 0) is 43.1 Å². The smallest absolute Gasteiger partial charge is 0.326 e. The highest BCUT2D eigenvalue weighted by molar-refractivity contribution is 7.47. The number of hydrogen-bond donors (Lipinski definition) is 1. The number of rotatable bonds is 9. The SMILES string of the molecule is O=C(O)[C@@H]1C[C@@H](C2CCCCC2)CN1C(=O)/C=[P+](\[O-])OCCCCc1ccccc1. The number of carboxylic acids is 1. The van der Waals surface area contributed by atoms with E-state index < -0.39 is 25.9 Å². The molecule has 1 aromatic rings. The van der Waals surface area contributed by atoms with Crippen molar-refractivity contribution in [2.75, 3.05) is 13.2 Å². The van der Waals surface area contributed by atoms with Crippen LogP contribution in [0, 0.1) is 11.8 Å². The molecule has 1 saturated heterocycles. The molecule has 164 valence electrons. The van der Waals surface area contributed by atoms with E-state index in [4.69, 9.17) is 4.52 Å². The molecule has 1 aromatic carbocycles. The molecule has 30 heavy (non-hydrogen) atoms. The molecule has 1 unspecified atom stereocenters. The second-order valence-electron chi connectivity index (χ2n) is 8.43. The van der Waals surface area contributed by atoms with Gasteiger partial charge in [0.15, 0.2) is 0 Å². The third kappa shape index (κ3) is 6.63. The van der Waals surface area contributed by atoms with Crippen LogP contribution in [0.5, 0.6) is 0 Å². The zero-order valence-corrected chi connectivity index (χ0v) is 18.3. The van der Waals surface area contributed by atoms with Crippen LogP contribution >= 0.6 is 8.00 Å². The van der Waals surface area contributed by atoms with E-state index in [1.807, 2.05) is 18.2 Å². The first kappa shape index (κ1) is 22.9. The Morgan fingerprint density at radius 1 is 1.13 bits per heavy atom. The Kier molecular flexibility index (Phi) is 8.86. The van der Waals surface area contributed by atoms with Crippen molar-refractivity contribution in [3.63, 3.8) is 0 Å². The van der Waals surface area contributed by atoms with Crippen LogP contribution in [0.15, 0.2) is 30.3 Å². The van der Waals surface area contributed by atoms with E-state index in [1.54, 1.807) is 0 Å². The highest BCUT2D eigenvalue weighted by Crippen LogP contribution is 2.37. The summed E-state index contributed by atoms with van der Waals surface area (Å²) >= 11 is 0. The number of carbonyl (C=O) groups excluding carboxylic acids is 1. The molecule has 3 rings (SSSR count). The molecular formula is C23H32NO5P. The molecule has 6 nitrogen and oxygen atoms in total. The summed E-state index contributed by atoms with van der Waals surface area (Å²) in [7, 11) is -2.23. The Balaban J connectivity index is 1.46. The van der Waals surface area contributed by atoms with Crippen LogP contribution in [-0.4, -0.2) is 46.9 Å². The summed E-state index contributed by atoms with van der Waals surface area (Å²) in [6.07, 6.45) is 8.93. The van der Waals surface area contributed by atoms with E-state index in [0.717, 1.165) is 37.9 Å². The van der Waals surface area contributed by atoms with Gasteiger partial charge in [-0.2, -0.15) is 4.52 Å². The first-order chi connectivity index (χ1) is 14.5. The monoisotopic (exact) mass is 433 g/mol. The van der Waals surface area contributed by atoms with Crippen LogP contribution in [0.25, 0.3) is 0 Å². The third-order valence-corrected chi connectivity index (χ3v) is 7.22. The molecule has 0 aromatic heterocycles. The van der Waals surface area contributed by atoms with Crippen molar-refractivity contribution >= 4 is 25.7 Å². The molecule has 0 bridgehead atoms. The van der Waals surface area contributed by atoms with E-state index in [-0.39, 0.29) is 5.92 Å². The van der Waals surface area contributed by atoms with Crippen LogP contribution < -0.4 is 4.89 Å². The van der Waals surface area contributed by atoms with Gasteiger partial charge in [0.2, 0.25) is 13.8 Å². The summed E-state index contributed by atoms with van der Waals surface area (Å²) in [6.45, 7) is 0.760. The van der Waals surface area contributed by atoms with Crippen molar-refractivity contribution in [1.29, 1.82) is 0 Å². The number of unbranched alkanes of at least 4 members (excludes halogenated alkanes) is 1. The molecule has 1 saturated carbocycles. The maximum atomic E-state index is 12.6.